The second kappa shape index (κ2) is 6.89. The van der Waals surface area contributed by atoms with Crippen molar-refractivity contribution < 1.29 is 24.1 Å². The molecular weight excluding hydrogens is 296 g/mol. The zero-order valence-corrected chi connectivity index (χ0v) is 13.2. The molecule has 122 valence electrons. The number of ether oxygens (including phenoxy) is 4. The summed E-state index contributed by atoms with van der Waals surface area (Å²) in [5, 5.41) is 10.2. The number of hydrogen-bond donors (Lipinski definition) is 1. The molecule has 0 unspecified atom stereocenters. The van der Waals surface area contributed by atoms with Crippen molar-refractivity contribution in [2.75, 3.05) is 20.8 Å². The topological polar surface area (TPSA) is 60.5 Å². The number of hydrogen-bond acceptors (Lipinski definition) is 5. The van der Waals surface area contributed by atoms with Gasteiger partial charge in [0.15, 0.2) is 11.5 Å². The Morgan fingerprint density at radius 3 is 2.26 bits per heavy atom. The molecule has 3 rings (SSSR count). The first kappa shape index (κ1) is 15.6. The van der Waals surface area contributed by atoms with Crippen LogP contribution >= 0.6 is 0 Å². The van der Waals surface area contributed by atoms with Crippen molar-refractivity contribution >= 4 is 0 Å². The maximum Gasteiger partial charge on any atom is 0.203 e. The van der Waals surface area contributed by atoms with Crippen molar-refractivity contribution in [3.63, 3.8) is 0 Å². The van der Waals surface area contributed by atoms with E-state index in [9.17, 15) is 5.11 Å². The normalized spacial score (nSPS) is 17.4. The minimum absolute atomic E-state index is 0.152. The first-order valence-electron chi connectivity index (χ1n) is 7.45. The Kier molecular flexibility index (Phi) is 4.69. The van der Waals surface area contributed by atoms with Gasteiger partial charge in [-0.15, -0.1) is 0 Å². The van der Waals surface area contributed by atoms with Gasteiger partial charge in [-0.05, 0) is 23.3 Å². The van der Waals surface area contributed by atoms with E-state index in [1.165, 1.54) is 0 Å². The lowest BCUT2D eigenvalue weighted by Crippen LogP contribution is -2.07. The third-order valence-electron chi connectivity index (χ3n) is 3.76. The maximum absolute atomic E-state index is 10.2. The van der Waals surface area contributed by atoms with Gasteiger partial charge in [-0.25, -0.2) is 0 Å². The molecule has 2 aromatic carbocycles. The van der Waals surface area contributed by atoms with Crippen LogP contribution in [0, 0.1) is 0 Å². The molecule has 1 N–H and O–H groups in total. The molecule has 0 aliphatic carbocycles. The van der Waals surface area contributed by atoms with Gasteiger partial charge in [0, 0.05) is 0 Å². The molecule has 1 aliphatic rings. The molecule has 0 saturated carbocycles. The molecule has 0 spiro atoms. The van der Waals surface area contributed by atoms with Crippen LogP contribution in [-0.4, -0.2) is 32.0 Å². The summed E-state index contributed by atoms with van der Waals surface area (Å²) in [6.07, 6.45) is -0.846. The Bertz CT molecular complexity index is 627. The number of aliphatic hydroxyl groups excluding tert-OH is 1. The van der Waals surface area contributed by atoms with Gasteiger partial charge in [0.1, 0.15) is 18.8 Å². The molecule has 1 fully saturated rings. The van der Waals surface area contributed by atoms with Crippen LogP contribution in [0.2, 0.25) is 0 Å². The van der Waals surface area contributed by atoms with Crippen molar-refractivity contribution in [2.24, 2.45) is 0 Å². The molecule has 0 radical (unpaired) electrons. The first-order chi connectivity index (χ1) is 11.2. The lowest BCUT2D eigenvalue weighted by molar-refractivity contribution is 0.136. The molecule has 2 atom stereocenters. The van der Waals surface area contributed by atoms with Crippen LogP contribution in [0.1, 0.15) is 17.2 Å². The molecule has 0 aromatic heterocycles. The highest BCUT2D eigenvalue weighted by Crippen LogP contribution is 2.42. The van der Waals surface area contributed by atoms with Crippen LogP contribution in [0.15, 0.2) is 42.5 Å². The quantitative estimate of drug-likeness (QED) is 0.796. The summed E-state index contributed by atoms with van der Waals surface area (Å²) in [5.41, 5.74) is 1.74. The second-order valence-corrected chi connectivity index (χ2v) is 5.35. The van der Waals surface area contributed by atoms with E-state index in [4.69, 9.17) is 18.9 Å². The smallest absolute Gasteiger partial charge is 0.203 e. The number of aliphatic hydroxyl groups is 1. The van der Waals surface area contributed by atoms with Crippen molar-refractivity contribution in [1.29, 1.82) is 0 Å². The average Bonchev–Trinajstić information content (AvgIpc) is 3.44. The van der Waals surface area contributed by atoms with Crippen molar-refractivity contribution in [3.8, 4) is 17.2 Å². The molecule has 1 saturated heterocycles. The Morgan fingerprint density at radius 2 is 1.74 bits per heavy atom. The number of epoxide rings is 1. The molecule has 0 amide bonds. The van der Waals surface area contributed by atoms with E-state index in [1.54, 1.807) is 26.4 Å². The molecule has 5 heteroatoms. The minimum Gasteiger partial charge on any atom is -0.493 e. The predicted octanol–water partition coefficient (Wildman–Crippen LogP) is 2.72. The van der Waals surface area contributed by atoms with E-state index in [1.807, 2.05) is 30.3 Å². The first-order valence-corrected chi connectivity index (χ1v) is 7.45. The molecular formula is C18H20O5. The lowest BCUT2D eigenvalue weighted by atomic mass is 10.1. The molecule has 1 heterocycles. The summed E-state index contributed by atoms with van der Waals surface area (Å²) >= 11 is 0. The zero-order valence-electron chi connectivity index (χ0n) is 13.2. The Balaban J connectivity index is 1.85. The van der Waals surface area contributed by atoms with Crippen LogP contribution in [0.3, 0.4) is 0 Å². The zero-order chi connectivity index (χ0) is 16.2. The van der Waals surface area contributed by atoms with Gasteiger partial charge >= 0.3 is 0 Å². The largest absolute Gasteiger partial charge is 0.493 e. The maximum atomic E-state index is 10.2. The van der Waals surface area contributed by atoms with Crippen LogP contribution in [0.4, 0.5) is 0 Å². The molecule has 2 aromatic rings. The highest BCUT2D eigenvalue weighted by atomic mass is 16.6. The van der Waals surface area contributed by atoms with Crippen molar-refractivity contribution in [1.82, 2.24) is 0 Å². The highest BCUT2D eigenvalue weighted by molar-refractivity contribution is 5.54. The van der Waals surface area contributed by atoms with E-state index in [0.717, 1.165) is 5.56 Å². The van der Waals surface area contributed by atoms with Crippen LogP contribution in [-0.2, 0) is 11.3 Å². The second-order valence-electron chi connectivity index (χ2n) is 5.35. The van der Waals surface area contributed by atoms with E-state index in [0.29, 0.717) is 36.0 Å². The summed E-state index contributed by atoms with van der Waals surface area (Å²) in [4.78, 5) is 0. The van der Waals surface area contributed by atoms with Gasteiger partial charge in [-0.2, -0.15) is 0 Å². The fourth-order valence-electron chi connectivity index (χ4n) is 2.40. The monoisotopic (exact) mass is 316 g/mol. The minimum atomic E-state index is -0.694. The fourth-order valence-corrected chi connectivity index (χ4v) is 2.40. The molecule has 23 heavy (non-hydrogen) atoms. The summed E-state index contributed by atoms with van der Waals surface area (Å²) < 4.78 is 21.8. The van der Waals surface area contributed by atoms with E-state index in [-0.39, 0.29) is 6.10 Å². The predicted molar refractivity (Wildman–Crippen MR) is 85.0 cm³/mol. The van der Waals surface area contributed by atoms with Crippen LogP contribution in [0.5, 0.6) is 17.2 Å². The third-order valence-corrected chi connectivity index (χ3v) is 3.76. The molecule has 1 aliphatic heterocycles. The molecule has 5 nitrogen and oxygen atoms in total. The van der Waals surface area contributed by atoms with Crippen molar-refractivity contribution in [2.45, 2.75) is 18.8 Å². The number of methoxy groups -OCH3 is 2. The highest BCUT2D eigenvalue weighted by Gasteiger charge is 2.33. The molecule has 0 bridgehead atoms. The standard InChI is InChI=1S/C18H20O5/c1-20-14-8-13(17(19)16-11-22-16)9-15(21-2)18(14)23-10-12-6-4-3-5-7-12/h3-9,16-17,19H,10-11H2,1-2H3/t16-,17-/m1/s1. The van der Waals surface area contributed by atoms with Crippen LogP contribution in [0.25, 0.3) is 0 Å². The lowest BCUT2D eigenvalue weighted by Gasteiger charge is -2.17. The Labute approximate surface area is 135 Å². The van der Waals surface area contributed by atoms with Crippen LogP contribution < -0.4 is 14.2 Å². The number of rotatable bonds is 7. The fraction of sp³-hybridized carbons (Fsp3) is 0.333. The summed E-state index contributed by atoms with van der Waals surface area (Å²) in [6, 6.07) is 13.4. The van der Waals surface area contributed by atoms with E-state index in [2.05, 4.69) is 0 Å². The van der Waals surface area contributed by atoms with Gasteiger partial charge in [0.05, 0.1) is 20.8 Å². The van der Waals surface area contributed by atoms with Gasteiger partial charge < -0.3 is 24.1 Å². The Morgan fingerprint density at radius 1 is 1.13 bits per heavy atom. The average molecular weight is 316 g/mol. The van der Waals surface area contributed by atoms with Gasteiger partial charge in [-0.1, -0.05) is 30.3 Å². The Hall–Kier alpha value is -2.24. The SMILES string of the molecule is COc1cc([C@@H](O)[C@H]2CO2)cc(OC)c1OCc1ccccc1. The third kappa shape index (κ3) is 3.57. The van der Waals surface area contributed by atoms with E-state index < -0.39 is 6.10 Å². The summed E-state index contributed by atoms with van der Waals surface area (Å²) in [6.45, 7) is 0.971. The van der Waals surface area contributed by atoms with E-state index >= 15 is 0 Å². The van der Waals surface area contributed by atoms with Crippen molar-refractivity contribution in [3.05, 3.63) is 53.6 Å². The number of benzene rings is 2. The van der Waals surface area contributed by atoms with Gasteiger partial charge in [0.25, 0.3) is 0 Å². The summed E-state index contributed by atoms with van der Waals surface area (Å²) in [5.74, 6) is 1.57. The van der Waals surface area contributed by atoms with Gasteiger partial charge in [-0.3, -0.25) is 0 Å². The summed E-state index contributed by atoms with van der Waals surface area (Å²) in [7, 11) is 3.13. The van der Waals surface area contributed by atoms with Gasteiger partial charge in [0.2, 0.25) is 5.75 Å².